The van der Waals surface area contributed by atoms with Gasteiger partial charge in [0.15, 0.2) is 0 Å². The lowest BCUT2D eigenvalue weighted by Gasteiger charge is -2.21. The van der Waals surface area contributed by atoms with Crippen molar-refractivity contribution in [3.63, 3.8) is 0 Å². The predicted molar refractivity (Wildman–Crippen MR) is 40.7 cm³/mol. The summed E-state index contributed by atoms with van der Waals surface area (Å²) in [6.07, 6.45) is 5.94. The Bertz CT molecular complexity index is 140. The molecule has 1 heteroatoms. The van der Waals surface area contributed by atoms with Gasteiger partial charge in [0.05, 0.1) is 5.60 Å². The molecule has 2 saturated carbocycles. The van der Waals surface area contributed by atoms with E-state index < -0.39 is 0 Å². The quantitative estimate of drug-likeness (QED) is 0.590. The van der Waals surface area contributed by atoms with Crippen LogP contribution in [0.2, 0.25) is 0 Å². The summed E-state index contributed by atoms with van der Waals surface area (Å²) in [5.74, 6) is 1.45. The summed E-state index contributed by atoms with van der Waals surface area (Å²) in [5.41, 5.74) is -0.223. The summed E-state index contributed by atoms with van der Waals surface area (Å²) < 4.78 is 0. The van der Waals surface area contributed by atoms with Crippen LogP contribution in [-0.4, -0.2) is 10.7 Å². The zero-order valence-corrected chi connectivity index (χ0v) is 6.64. The van der Waals surface area contributed by atoms with E-state index in [4.69, 9.17) is 0 Å². The smallest absolute Gasteiger partial charge is 0.0678 e. The summed E-state index contributed by atoms with van der Waals surface area (Å²) in [6.45, 7) is 2.25. The van der Waals surface area contributed by atoms with E-state index in [2.05, 4.69) is 6.92 Å². The van der Waals surface area contributed by atoms with Crippen LogP contribution in [0.25, 0.3) is 0 Å². The van der Waals surface area contributed by atoms with Crippen LogP contribution in [0.4, 0.5) is 0 Å². The van der Waals surface area contributed by atoms with Gasteiger partial charge in [0.25, 0.3) is 0 Å². The van der Waals surface area contributed by atoms with E-state index in [9.17, 15) is 5.11 Å². The molecular weight excluding hydrogens is 124 g/mol. The molecular formula is C9H16O. The normalized spacial score (nSPS) is 48.0. The Kier molecular flexibility index (Phi) is 1.31. The van der Waals surface area contributed by atoms with Crippen molar-refractivity contribution in [2.75, 3.05) is 0 Å². The van der Waals surface area contributed by atoms with E-state index in [-0.39, 0.29) is 5.60 Å². The zero-order valence-electron chi connectivity index (χ0n) is 6.64. The fourth-order valence-electron chi connectivity index (χ4n) is 2.30. The molecule has 0 aromatic rings. The van der Waals surface area contributed by atoms with Gasteiger partial charge in [-0.05, 0) is 43.9 Å². The maximum atomic E-state index is 10.0. The minimum Gasteiger partial charge on any atom is -0.390 e. The highest BCUT2D eigenvalue weighted by Gasteiger charge is 2.47. The van der Waals surface area contributed by atoms with E-state index in [1.165, 1.54) is 19.3 Å². The topological polar surface area (TPSA) is 20.2 Å². The van der Waals surface area contributed by atoms with Gasteiger partial charge in [-0.2, -0.15) is 0 Å². The second-order valence-corrected chi connectivity index (χ2v) is 4.23. The number of hydrogen-bond acceptors (Lipinski definition) is 1. The Morgan fingerprint density at radius 2 is 2.00 bits per heavy atom. The van der Waals surface area contributed by atoms with Crippen molar-refractivity contribution in [3.05, 3.63) is 0 Å². The van der Waals surface area contributed by atoms with Gasteiger partial charge >= 0.3 is 0 Å². The first-order chi connectivity index (χ1) is 4.71. The monoisotopic (exact) mass is 140 g/mol. The average molecular weight is 140 g/mol. The van der Waals surface area contributed by atoms with Crippen LogP contribution in [-0.2, 0) is 0 Å². The molecule has 0 radical (unpaired) electrons. The van der Waals surface area contributed by atoms with Crippen molar-refractivity contribution in [3.8, 4) is 0 Å². The van der Waals surface area contributed by atoms with E-state index >= 15 is 0 Å². The molecule has 0 bridgehead atoms. The zero-order chi connectivity index (χ0) is 7.19. The predicted octanol–water partition coefficient (Wildman–Crippen LogP) is 1.95. The SMILES string of the molecule is CC1CCC(O)(C2CC2)C1. The molecule has 58 valence electrons. The summed E-state index contributed by atoms with van der Waals surface area (Å²) in [7, 11) is 0. The molecule has 0 aromatic heterocycles. The molecule has 2 aliphatic carbocycles. The van der Waals surface area contributed by atoms with Crippen LogP contribution in [0.1, 0.15) is 39.0 Å². The molecule has 0 spiro atoms. The largest absolute Gasteiger partial charge is 0.390 e. The van der Waals surface area contributed by atoms with Crippen molar-refractivity contribution in [1.82, 2.24) is 0 Å². The molecule has 0 saturated heterocycles. The molecule has 0 amide bonds. The third-order valence-electron chi connectivity index (χ3n) is 3.11. The third-order valence-corrected chi connectivity index (χ3v) is 3.11. The third kappa shape index (κ3) is 0.968. The van der Waals surface area contributed by atoms with Crippen LogP contribution >= 0.6 is 0 Å². The fourth-order valence-corrected chi connectivity index (χ4v) is 2.30. The molecule has 2 atom stereocenters. The van der Waals surface area contributed by atoms with Crippen molar-refractivity contribution in [2.24, 2.45) is 11.8 Å². The molecule has 10 heavy (non-hydrogen) atoms. The lowest BCUT2D eigenvalue weighted by molar-refractivity contribution is 0.0214. The van der Waals surface area contributed by atoms with Crippen LogP contribution in [0.15, 0.2) is 0 Å². The van der Waals surface area contributed by atoms with Gasteiger partial charge in [-0.25, -0.2) is 0 Å². The lowest BCUT2D eigenvalue weighted by atomic mass is 9.95. The lowest BCUT2D eigenvalue weighted by Crippen LogP contribution is -2.27. The van der Waals surface area contributed by atoms with Crippen molar-refractivity contribution in [2.45, 2.75) is 44.6 Å². The van der Waals surface area contributed by atoms with E-state index in [1.54, 1.807) is 0 Å². The van der Waals surface area contributed by atoms with Crippen LogP contribution < -0.4 is 0 Å². The number of aliphatic hydroxyl groups is 1. The van der Waals surface area contributed by atoms with Gasteiger partial charge in [-0.1, -0.05) is 6.92 Å². The molecule has 2 unspecified atom stereocenters. The highest BCUT2D eigenvalue weighted by molar-refractivity contribution is 4.99. The van der Waals surface area contributed by atoms with Crippen molar-refractivity contribution < 1.29 is 5.11 Å². The summed E-state index contributed by atoms with van der Waals surface area (Å²) in [5, 5.41) is 10.0. The highest BCUT2D eigenvalue weighted by Crippen LogP contribution is 2.49. The van der Waals surface area contributed by atoms with E-state index in [1.807, 2.05) is 0 Å². The molecule has 0 heterocycles. The molecule has 2 aliphatic rings. The summed E-state index contributed by atoms with van der Waals surface area (Å²) in [6, 6.07) is 0. The molecule has 0 aliphatic heterocycles. The van der Waals surface area contributed by atoms with Gasteiger partial charge in [0.1, 0.15) is 0 Å². The van der Waals surface area contributed by atoms with Crippen LogP contribution in [0, 0.1) is 11.8 Å². The standard InChI is InChI=1S/C9H16O/c1-7-4-5-9(10,6-7)8-2-3-8/h7-8,10H,2-6H2,1H3. The maximum absolute atomic E-state index is 10.0. The Balaban J connectivity index is 2.01. The number of hydrogen-bond donors (Lipinski definition) is 1. The minimum absolute atomic E-state index is 0.223. The second-order valence-electron chi connectivity index (χ2n) is 4.23. The Morgan fingerprint density at radius 1 is 1.30 bits per heavy atom. The fraction of sp³-hybridized carbons (Fsp3) is 1.00. The Morgan fingerprint density at radius 3 is 2.40 bits per heavy atom. The van der Waals surface area contributed by atoms with Gasteiger partial charge in [0.2, 0.25) is 0 Å². The van der Waals surface area contributed by atoms with E-state index in [0.717, 1.165) is 18.8 Å². The molecule has 2 fully saturated rings. The molecule has 0 aromatic carbocycles. The average Bonchev–Trinajstić information content (AvgIpc) is 2.62. The van der Waals surface area contributed by atoms with E-state index in [0.29, 0.717) is 5.92 Å². The molecule has 1 nitrogen and oxygen atoms in total. The van der Waals surface area contributed by atoms with Gasteiger partial charge in [-0.3, -0.25) is 0 Å². The first-order valence-corrected chi connectivity index (χ1v) is 4.43. The van der Waals surface area contributed by atoms with Crippen molar-refractivity contribution in [1.29, 1.82) is 0 Å². The van der Waals surface area contributed by atoms with Crippen molar-refractivity contribution >= 4 is 0 Å². The first kappa shape index (κ1) is 6.66. The molecule has 2 rings (SSSR count). The summed E-state index contributed by atoms with van der Waals surface area (Å²) >= 11 is 0. The minimum atomic E-state index is -0.223. The van der Waals surface area contributed by atoms with Crippen LogP contribution in [0.5, 0.6) is 0 Å². The Hall–Kier alpha value is -0.0400. The van der Waals surface area contributed by atoms with Gasteiger partial charge in [-0.15, -0.1) is 0 Å². The second kappa shape index (κ2) is 1.97. The number of rotatable bonds is 1. The van der Waals surface area contributed by atoms with Gasteiger partial charge in [0, 0.05) is 0 Å². The summed E-state index contributed by atoms with van der Waals surface area (Å²) in [4.78, 5) is 0. The van der Waals surface area contributed by atoms with Gasteiger partial charge < -0.3 is 5.11 Å². The molecule has 1 N–H and O–H groups in total. The Labute approximate surface area is 62.4 Å². The highest BCUT2D eigenvalue weighted by atomic mass is 16.3. The van der Waals surface area contributed by atoms with Crippen LogP contribution in [0.3, 0.4) is 0 Å². The first-order valence-electron chi connectivity index (χ1n) is 4.43. The maximum Gasteiger partial charge on any atom is 0.0678 e.